The van der Waals surface area contributed by atoms with Crippen molar-refractivity contribution >= 4 is 0 Å². The van der Waals surface area contributed by atoms with E-state index in [2.05, 4.69) is 30.3 Å². The molecule has 0 radical (unpaired) electrons. The number of hydrogen-bond donors (Lipinski definition) is 1. The average Bonchev–Trinajstić information content (AvgIpc) is 3.30. The van der Waals surface area contributed by atoms with Crippen LogP contribution >= 0.6 is 0 Å². The molecule has 4 nitrogen and oxygen atoms in total. The van der Waals surface area contributed by atoms with Gasteiger partial charge in [0, 0.05) is 12.0 Å². The highest BCUT2D eigenvalue weighted by atomic mass is 16.5. The molecule has 144 valence electrons. The molecule has 3 aliphatic carbocycles. The maximum atomic E-state index is 10.5. The highest BCUT2D eigenvalue weighted by Gasteiger charge is 2.54. The summed E-state index contributed by atoms with van der Waals surface area (Å²) in [7, 11) is 0. The van der Waals surface area contributed by atoms with E-state index in [0.29, 0.717) is 18.4 Å². The summed E-state index contributed by atoms with van der Waals surface area (Å²) in [6, 6.07) is 6.72. The van der Waals surface area contributed by atoms with Crippen LogP contribution in [0.5, 0.6) is 5.75 Å². The van der Waals surface area contributed by atoms with E-state index in [1.165, 1.54) is 24.8 Å². The zero-order valence-electron chi connectivity index (χ0n) is 16.1. The van der Waals surface area contributed by atoms with Crippen molar-refractivity contribution in [1.29, 1.82) is 0 Å². The number of benzene rings is 1. The minimum Gasteiger partial charge on any atom is -0.493 e. The molecule has 5 atom stereocenters. The molecule has 3 aliphatic rings. The number of fused-ring (bicyclic) bond motifs is 5. The van der Waals surface area contributed by atoms with E-state index in [1.54, 1.807) is 18.0 Å². The third-order valence-corrected chi connectivity index (χ3v) is 7.79. The maximum absolute atomic E-state index is 10.5. The fraction of sp³-hybridized carbons (Fsp3) is 0.609. The number of aromatic nitrogens is 1. The lowest BCUT2D eigenvalue weighted by Crippen LogP contribution is -2.43. The lowest BCUT2D eigenvalue weighted by molar-refractivity contribution is -0.0226. The molecule has 4 heteroatoms. The topological polar surface area (TPSA) is 55.5 Å². The Hall–Kier alpha value is -1.81. The standard InChI is InChI=1S/C23H29NO3/c1-23-10-8-19-18-5-3-17(26-11-9-15-13-24-27-14-15)12-16(18)2-4-20(19)21(23)6-7-22(23)25/h3,5,12-14,19-22,25H,2,4,6-11H2,1H3. The molecule has 0 spiro atoms. The summed E-state index contributed by atoms with van der Waals surface area (Å²) in [5.41, 5.74) is 4.24. The van der Waals surface area contributed by atoms with Crippen LogP contribution < -0.4 is 4.74 Å². The van der Waals surface area contributed by atoms with E-state index in [4.69, 9.17) is 9.26 Å². The van der Waals surface area contributed by atoms with Gasteiger partial charge in [-0.25, -0.2) is 0 Å². The number of aliphatic hydroxyl groups excluding tert-OH is 1. The summed E-state index contributed by atoms with van der Waals surface area (Å²) in [5.74, 6) is 3.08. The Morgan fingerprint density at radius 3 is 3.04 bits per heavy atom. The van der Waals surface area contributed by atoms with Crippen LogP contribution in [0.1, 0.15) is 61.6 Å². The SMILES string of the molecule is CC12CCC3c4ccc(OCCc5cnoc5)cc4CCC3C1CCC2O. The minimum absolute atomic E-state index is 0.0916. The van der Waals surface area contributed by atoms with Crippen LogP contribution in [-0.4, -0.2) is 23.0 Å². The first kappa shape index (κ1) is 17.3. The first-order valence-corrected chi connectivity index (χ1v) is 10.5. The second-order valence-corrected chi connectivity index (χ2v) is 9.04. The van der Waals surface area contributed by atoms with Crippen molar-refractivity contribution in [3.63, 3.8) is 0 Å². The minimum atomic E-state index is -0.0916. The van der Waals surface area contributed by atoms with Crippen molar-refractivity contribution in [3.05, 3.63) is 47.3 Å². The van der Waals surface area contributed by atoms with Gasteiger partial charge in [0.1, 0.15) is 12.0 Å². The summed E-state index contributed by atoms with van der Waals surface area (Å²) in [6.07, 6.45) is 11.1. The van der Waals surface area contributed by atoms with Crippen LogP contribution in [0.25, 0.3) is 0 Å². The summed E-state index contributed by atoms with van der Waals surface area (Å²) in [6.45, 7) is 2.98. The van der Waals surface area contributed by atoms with E-state index in [-0.39, 0.29) is 11.5 Å². The van der Waals surface area contributed by atoms with Crippen molar-refractivity contribution in [3.8, 4) is 5.75 Å². The molecule has 5 unspecified atom stereocenters. The van der Waals surface area contributed by atoms with Gasteiger partial charge >= 0.3 is 0 Å². The predicted octanol–water partition coefficient (Wildman–Crippen LogP) is 4.51. The molecular weight excluding hydrogens is 338 g/mol. The van der Waals surface area contributed by atoms with Crippen LogP contribution in [0.2, 0.25) is 0 Å². The zero-order chi connectivity index (χ0) is 18.4. The number of aryl methyl sites for hydroxylation is 1. The zero-order valence-corrected chi connectivity index (χ0v) is 16.1. The summed E-state index contributed by atoms with van der Waals surface area (Å²) >= 11 is 0. The fourth-order valence-electron chi connectivity index (χ4n) is 6.26. The van der Waals surface area contributed by atoms with Crippen LogP contribution in [0.15, 0.2) is 35.2 Å². The third kappa shape index (κ3) is 2.89. The number of ether oxygens (including phenoxy) is 1. The van der Waals surface area contributed by atoms with E-state index in [9.17, 15) is 5.11 Å². The molecule has 27 heavy (non-hydrogen) atoms. The molecule has 1 aromatic carbocycles. The fourth-order valence-corrected chi connectivity index (χ4v) is 6.26. The number of hydrogen-bond acceptors (Lipinski definition) is 4. The smallest absolute Gasteiger partial charge is 0.127 e. The molecule has 1 N–H and O–H groups in total. The molecular formula is C23H29NO3. The Kier molecular flexibility index (Phi) is 4.27. The van der Waals surface area contributed by atoms with Crippen molar-refractivity contribution in [2.45, 2.75) is 63.9 Å². The quantitative estimate of drug-likeness (QED) is 0.864. The molecule has 0 aliphatic heterocycles. The highest BCUT2D eigenvalue weighted by Crippen LogP contribution is 2.60. The van der Waals surface area contributed by atoms with Gasteiger partial charge < -0.3 is 14.4 Å². The Labute approximate surface area is 160 Å². The molecule has 0 bridgehead atoms. The first-order valence-electron chi connectivity index (χ1n) is 10.5. The monoisotopic (exact) mass is 367 g/mol. The van der Waals surface area contributed by atoms with Crippen molar-refractivity contribution in [2.75, 3.05) is 6.61 Å². The second kappa shape index (κ2) is 6.66. The molecule has 1 aromatic heterocycles. The van der Waals surface area contributed by atoms with Gasteiger partial charge in [0.2, 0.25) is 0 Å². The van der Waals surface area contributed by atoms with Gasteiger partial charge in [-0.3, -0.25) is 0 Å². The second-order valence-electron chi connectivity index (χ2n) is 9.04. The Morgan fingerprint density at radius 1 is 1.26 bits per heavy atom. The van der Waals surface area contributed by atoms with Gasteiger partial charge in [-0.05, 0) is 85.0 Å². The summed E-state index contributed by atoms with van der Waals surface area (Å²) in [5, 5.41) is 14.3. The van der Waals surface area contributed by atoms with E-state index in [1.807, 2.05) is 0 Å². The van der Waals surface area contributed by atoms with Gasteiger partial charge in [-0.15, -0.1) is 0 Å². The molecule has 2 saturated carbocycles. The largest absolute Gasteiger partial charge is 0.493 e. The van der Waals surface area contributed by atoms with Gasteiger partial charge in [-0.1, -0.05) is 18.1 Å². The molecule has 0 amide bonds. The average molecular weight is 367 g/mol. The summed E-state index contributed by atoms with van der Waals surface area (Å²) < 4.78 is 10.8. The van der Waals surface area contributed by atoms with Crippen molar-refractivity contribution in [1.82, 2.24) is 5.16 Å². The van der Waals surface area contributed by atoms with Gasteiger partial charge in [0.05, 0.1) is 18.9 Å². The number of aliphatic hydroxyl groups is 1. The van der Waals surface area contributed by atoms with Crippen LogP contribution in [-0.2, 0) is 12.8 Å². The van der Waals surface area contributed by atoms with Crippen molar-refractivity contribution < 1.29 is 14.4 Å². The maximum Gasteiger partial charge on any atom is 0.127 e. The van der Waals surface area contributed by atoms with Crippen LogP contribution in [0.3, 0.4) is 0 Å². The lowest BCUT2D eigenvalue weighted by atomic mass is 9.55. The Morgan fingerprint density at radius 2 is 2.19 bits per heavy atom. The molecule has 0 saturated heterocycles. The highest BCUT2D eigenvalue weighted by molar-refractivity contribution is 5.40. The third-order valence-electron chi connectivity index (χ3n) is 7.79. The normalized spacial score (nSPS) is 34.6. The van der Waals surface area contributed by atoms with E-state index >= 15 is 0 Å². The molecule has 5 rings (SSSR count). The van der Waals surface area contributed by atoms with Gasteiger partial charge in [0.25, 0.3) is 0 Å². The predicted molar refractivity (Wildman–Crippen MR) is 103 cm³/mol. The van der Waals surface area contributed by atoms with Crippen LogP contribution in [0.4, 0.5) is 0 Å². The molecule has 2 aromatic rings. The number of nitrogens with zero attached hydrogens (tertiary/aromatic N) is 1. The van der Waals surface area contributed by atoms with Gasteiger partial charge in [-0.2, -0.15) is 0 Å². The van der Waals surface area contributed by atoms with Crippen LogP contribution in [0, 0.1) is 17.3 Å². The molecule has 2 fully saturated rings. The number of rotatable bonds is 4. The van der Waals surface area contributed by atoms with Crippen molar-refractivity contribution in [2.24, 2.45) is 17.3 Å². The lowest BCUT2D eigenvalue weighted by Gasteiger charge is -2.50. The van der Waals surface area contributed by atoms with E-state index < -0.39 is 0 Å². The molecule has 1 heterocycles. The summed E-state index contributed by atoms with van der Waals surface area (Å²) in [4.78, 5) is 0. The van der Waals surface area contributed by atoms with Gasteiger partial charge in [0.15, 0.2) is 0 Å². The Balaban J connectivity index is 1.30. The Bertz CT molecular complexity index is 802. The first-order chi connectivity index (χ1) is 13.1. The van der Waals surface area contributed by atoms with E-state index in [0.717, 1.165) is 42.9 Å².